The molecule has 0 bridgehead atoms. The minimum atomic E-state index is 0. The Labute approximate surface area is 239 Å². The van der Waals surface area contributed by atoms with Crippen LogP contribution < -0.4 is 48.0 Å². The van der Waals surface area contributed by atoms with Gasteiger partial charge in [-0.1, -0.05) is 51.9 Å². The minimum Gasteiger partial charge on any atom is -1.00 e. The third-order valence-electron chi connectivity index (χ3n) is 4.75. The van der Waals surface area contributed by atoms with Crippen LogP contribution in [0.1, 0.15) is 38.8 Å². The van der Waals surface area contributed by atoms with E-state index < -0.39 is 0 Å². The Kier molecular flexibility index (Phi) is 20.3. The van der Waals surface area contributed by atoms with Crippen molar-refractivity contribution in [2.24, 2.45) is 0 Å². The van der Waals surface area contributed by atoms with Crippen LogP contribution in [-0.2, 0) is 39.0 Å². The third-order valence-corrected chi connectivity index (χ3v) is 5.90. The first-order valence-corrected chi connectivity index (χ1v) is 11.9. The molecule has 4 heteroatoms. The Morgan fingerprint density at radius 3 is 1.27 bits per heavy atom. The molecule has 0 heterocycles. The van der Waals surface area contributed by atoms with E-state index in [1.165, 1.54) is 44.8 Å². The van der Waals surface area contributed by atoms with Gasteiger partial charge in [0, 0.05) is 9.52 Å². The summed E-state index contributed by atoms with van der Waals surface area (Å²) in [4.78, 5) is 0. The van der Waals surface area contributed by atoms with Crippen molar-refractivity contribution in [2.75, 3.05) is 0 Å². The first-order chi connectivity index (χ1) is 13.2. The number of aryl methyl sites for hydroxylation is 2. The predicted octanol–water partition coefficient (Wildman–Crippen LogP) is 1.55. The number of hydrogen-bond acceptors (Lipinski definition) is 0. The van der Waals surface area contributed by atoms with Crippen molar-refractivity contribution in [2.45, 2.75) is 52.6 Å². The zero-order valence-corrected chi connectivity index (χ0v) is 26.5. The molecule has 30 heavy (non-hydrogen) atoms. The topological polar surface area (TPSA) is 0 Å². The van der Waals surface area contributed by atoms with Crippen LogP contribution in [0.5, 0.6) is 0 Å². The molecule has 0 spiro atoms. The van der Waals surface area contributed by atoms with Gasteiger partial charge >= 0.3 is 26.2 Å². The molecule has 4 aromatic rings. The van der Waals surface area contributed by atoms with Crippen LogP contribution >= 0.6 is 0 Å². The first-order valence-electron chi connectivity index (χ1n) is 10.3. The van der Waals surface area contributed by atoms with Gasteiger partial charge in [-0.3, -0.25) is 0 Å². The summed E-state index contributed by atoms with van der Waals surface area (Å²) in [6.07, 6.45) is 2.27. The van der Waals surface area contributed by atoms with Crippen molar-refractivity contribution in [1.29, 1.82) is 0 Å². The zero-order chi connectivity index (χ0) is 19.5. The van der Waals surface area contributed by atoms with E-state index in [2.05, 4.69) is 100 Å². The van der Waals surface area contributed by atoms with Crippen molar-refractivity contribution < 1.29 is 74.2 Å². The fraction of sp³-hybridized carbons (Fsp3) is 0.308. The molecule has 4 rings (SSSR count). The molecule has 0 aromatic heterocycles. The molecule has 0 aliphatic carbocycles. The van der Waals surface area contributed by atoms with Crippen LogP contribution in [0.2, 0.25) is 12.1 Å². The Morgan fingerprint density at radius 2 is 1.00 bits per heavy atom. The molecular formula is C26H33I2SiZr. The van der Waals surface area contributed by atoms with Crippen molar-refractivity contribution in [3.05, 3.63) is 83.9 Å². The summed E-state index contributed by atoms with van der Waals surface area (Å²) in [5.41, 5.74) is 2.87. The zero-order valence-electron chi connectivity index (χ0n) is 18.6. The predicted molar refractivity (Wildman–Crippen MR) is 126 cm³/mol. The van der Waals surface area contributed by atoms with Crippen molar-refractivity contribution in [3.63, 3.8) is 0 Å². The van der Waals surface area contributed by atoms with E-state index in [4.69, 9.17) is 0 Å². The fourth-order valence-corrected chi connectivity index (χ4v) is 3.70. The maximum atomic E-state index is 2.26. The average molecular weight is 719 g/mol. The molecule has 0 atom stereocenters. The van der Waals surface area contributed by atoms with Crippen LogP contribution in [0.25, 0.3) is 21.5 Å². The third kappa shape index (κ3) is 10.7. The summed E-state index contributed by atoms with van der Waals surface area (Å²) in [5, 5.41) is 5.46. The summed E-state index contributed by atoms with van der Waals surface area (Å²) in [6, 6.07) is 28.9. The van der Waals surface area contributed by atoms with Crippen LogP contribution in [0.15, 0.2) is 72.8 Å². The molecule has 0 saturated carbocycles. The minimum absolute atomic E-state index is 0. The average Bonchev–Trinajstić information content (AvgIpc) is 3.32. The van der Waals surface area contributed by atoms with Gasteiger partial charge in [0.2, 0.25) is 0 Å². The second-order valence-electron chi connectivity index (χ2n) is 6.80. The number of fused-ring (bicyclic) bond motifs is 2. The monoisotopic (exact) mass is 717 g/mol. The van der Waals surface area contributed by atoms with Crippen LogP contribution in [-0.4, -0.2) is 9.52 Å². The van der Waals surface area contributed by atoms with Crippen LogP contribution in [0.3, 0.4) is 0 Å². The van der Waals surface area contributed by atoms with Gasteiger partial charge in [0.25, 0.3) is 0 Å². The van der Waals surface area contributed by atoms with E-state index in [1.807, 2.05) is 0 Å². The molecule has 0 amide bonds. The second kappa shape index (κ2) is 18.8. The smallest absolute Gasteiger partial charge is 1.00 e. The van der Waals surface area contributed by atoms with Gasteiger partial charge in [-0.05, 0) is 12.8 Å². The second-order valence-corrected chi connectivity index (χ2v) is 9.01. The fourth-order valence-electron chi connectivity index (χ4n) is 3.13. The molecule has 0 nitrogen and oxygen atoms in total. The number of benzene rings is 2. The summed E-state index contributed by atoms with van der Waals surface area (Å²) >= 11 is 0. The number of rotatable bonds is 4. The van der Waals surface area contributed by atoms with Gasteiger partial charge in [0.05, 0.1) is 0 Å². The van der Waals surface area contributed by atoms with Crippen molar-refractivity contribution >= 4 is 31.1 Å². The van der Waals surface area contributed by atoms with E-state index in [9.17, 15) is 0 Å². The molecule has 1 radical (unpaired) electrons. The molecule has 0 unspecified atom stereocenters. The standard InChI is InChI=1S/2C11H11.C4H11Si.2HI.Zr/c2*1-2-9-7-10-5-3-4-6-11(10)8-9;1-3-5-4-2;;;/h2*3-8H,2H2,1H3;5H,3-4H2,1-2H3;2*1H;/q2*-1;;;;+4/p-2. The molecule has 0 aliphatic rings. The Balaban J connectivity index is 0. The Morgan fingerprint density at radius 1 is 0.633 bits per heavy atom. The van der Waals surface area contributed by atoms with Gasteiger partial charge < -0.3 is 48.0 Å². The van der Waals surface area contributed by atoms with Gasteiger partial charge in [0.1, 0.15) is 0 Å². The van der Waals surface area contributed by atoms with E-state index in [0.29, 0.717) is 0 Å². The Hall–Kier alpha value is 0.220. The van der Waals surface area contributed by atoms with E-state index in [0.717, 1.165) is 22.4 Å². The molecule has 0 aliphatic heterocycles. The maximum Gasteiger partial charge on any atom is 4.00 e. The largest absolute Gasteiger partial charge is 4.00 e. The van der Waals surface area contributed by atoms with E-state index in [1.54, 1.807) is 0 Å². The van der Waals surface area contributed by atoms with Crippen molar-refractivity contribution in [1.82, 2.24) is 0 Å². The molecule has 159 valence electrons. The molecule has 4 aromatic carbocycles. The van der Waals surface area contributed by atoms with Gasteiger partial charge in [-0.15, -0.1) is 81.2 Å². The van der Waals surface area contributed by atoms with Crippen LogP contribution in [0.4, 0.5) is 0 Å². The number of halogens is 2. The van der Waals surface area contributed by atoms with E-state index >= 15 is 0 Å². The van der Waals surface area contributed by atoms with Crippen molar-refractivity contribution in [3.8, 4) is 0 Å². The first kappa shape index (κ1) is 32.4. The van der Waals surface area contributed by atoms with Gasteiger partial charge in [0.15, 0.2) is 0 Å². The molecule has 0 N–H and O–H groups in total. The molecular weight excluding hydrogens is 685 g/mol. The quantitative estimate of drug-likeness (QED) is 0.171. The summed E-state index contributed by atoms with van der Waals surface area (Å²) in [7, 11) is 0.815. The van der Waals surface area contributed by atoms with Gasteiger partial charge in [-0.25, -0.2) is 0 Å². The molecule has 0 fully saturated rings. The van der Waals surface area contributed by atoms with Gasteiger partial charge in [-0.2, -0.15) is 12.1 Å². The summed E-state index contributed by atoms with van der Waals surface area (Å²) in [5.74, 6) is 0. The summed E-state index contributed by atoms with van der Waals surface area (Å²) < 4.78 is 0. The normalized spacial score (nSPS) is 9.20. The van der Waals surface area contributed by atoms with E-state index in [-0.39, 0.29) is 74.2 Å². The van der Waals surface area contributed by atoms with Crippen LogP contribution in [0, 0.1) is 0 Å². The Bertz CT molecular complexity index is 785. The maximum absolute atomic E-state index is 2.26. The summed E-state index contributed by atoms with van der Waals surface area (Å²) in [6.45, 7) is 8.88. The molecule has 0 saturated heterocycles. The SMILES string of the molecule is CC[SiH]CC.CCc1cc2ccccc2[cH-]1.CCc1cc2ccccc2[cH-]1.[I-].[I-].[Zr+4]. The number of hydrogen-bond donors (Lipinski definition) is 0.